The maximum absolute atomic E-state index is 11.8. The highest BCUT2D eigenvalue weighted by Crippen LogP contribution is 2.25. The maximum Gasteiger partial charge on any atom is 0.0518 e. The summed E-state index contributed by atoms with van der Waals surface area (Å²) in [6.07, 6.45) is 3.03. The van der Waals surface area contributed by atoms with E-state index in [1.807, 2.05) is 62.3 Å². The van der Waals surface area contributed by atoms with Gasteiger partial charge >= 0.3 is 0 Å². The first-order valence-corrected chi connectivity index (χ1v) is 16.0. The molecule has 0 aliphatic carbocycles. The van der Waals surface area contributed by atoms with E-state index in [4.69, 9.17) is 0 Å². The van der Waals surface area contributed by atoms with Crippen LogP contribution in [0.3, 0.4) is 0 Å². The lowest BCUT2D eigenvalue weighted by Crippen LogP contribution is -2.27. The van der Waals surface area contributed by atoms with Crippen LogP contribution in [0.4, 0.5) is 0 Å². The highest BCUT2D eigenvalue weighted by Gasteiger charge is 2.30. The predicted octanol–water partition coefficient (Wildman–Crippen LogP) is 4.97. The molecule has 9 heteroatoms. The van der Waals surface area contributed by atoms with Gasteiger partial charge in [0.05, 0.1) is 29.2 Å². The Morgan fingerprint density at radius 1 is 0.467 bits per heavy atom. The zero-order valence-electron chi connectivity index (χ0n) is 20.7. The molecule has 3 atom stereocenters. The second-order valence-corrected chi connectivity index (χ2v) is 20.5. The zero-order valence-corrected chi connectivity index (χ0v) is 23.1. The van der Waals surface area contributed by atoms with Crippen molar-refractivity contribution < 1.29 is 12.6 Å². The van der Waals surface area contributed by atoms with Crippen molar-refractivity contribution in [3.05, 3.63) is 0 Å². The fourth-order valence-electron chi connectivity index (χ4n) is 3.11. The molecule has 0 aromatic carbocycles. The van der Waals surface area contributed by atoms with E-state index in [0.29, 0.717) is 0 Å². The standard InChI is InChI=1S/3C7H15NOS/c3*1-7(2,3)10(9)6-4-5-8-10/h3*4-6H2,1-3H3/t2*10-;/m10./s1. The van der Waals surface area contributed by atoms with E-state index in [1.54, 1.807) is 0 Å². The van der Waals surface area contributed by atoms with Gasteiger partial charge in [-0.25, -0.2) is 25.7 Å². The molecule has 0 radical (unpaired) electrons. The molecule has 6 nitrogen and oxygen atoms in total. The van der Waals surface area contributed by atoms with Gasteiger partial charge in [-0.2, -0.15) is 0 Å². The molecule has 0 aromatic heterocycles. The Morgan fingerprint density at radius 2 is 0.667 bits per heavy atom. The third-order valence-electron chi connectivity index (χ3n) is 5.51. The van der Waals surface area contributed by atoms with Crippen LogP contribution in [0.1, 0.15) is 81.6 Å². The zero-order chi connectivity index (χ0) is 23.5. The van der Waals surface area contributed by atoms with E-state index in [9.17, 15) is 12.6 Å². The van der Waals surface area contributed by atoms with Gasteiger partial charge in [0.15, 0.2) is 0 Å². The van der Waals surface area contributed by atoms with Gasteiger partial charge in [-0.1, -0.05) is 0 Å². The average molecular weight is 484 g/mol. The summed E-state index contributed by atoms with van der Waals surface area (Å²) in [7, 11) is -5.53. The molecule has 0 saturated heterocycles. The molecule has 0 bridgehead atoms. The molecule has 3 aliphatic rings. The van der Waals surface area contributed by atoms with E-state index in [-0.39, 0.29) is 14.2 Å². The van der Waals surface area contributed by atoms with Gasteiger partial charge < -0.3 is 0 Å². The number of rotatable bonds is 0. The summed E-state index contributed by atoms with van der Waals surface area (Å²) in [5.41, 5.74) is 0. The smallest absolute Gasteiger partial charge is 0.0518 e. The van der Waals surface area contributed by atoms with Gasteiger partial charge in [0.1, 0.15) is 0 Å². The molecule has 0 spiro atoms. The monoisotopic (exact) mass is 483 g/mol. The minimum atomic E-state index is -1.84. The Balaban J connectivity index is 0.000000225. The molecular weight excluding hydrogens is 438 g/mol. The van der Waals surface area contributed by atoms with Gasteiger partial charge in [-0.15, -0.1) is 0 Å². The fraction of sp³-hybridized carbons (Fsp3) is 1.00. The Kier molecular flexibility index (Phi) is 9.08. The number of nitrogens with zero attached hydrogens (tertiary/aromatic N) is 3. The highest BCUT2D eigenvalue weighted by molar-refractivity contribution is 7.95. The van der Waals surface area contributed by atoms with Crippen molar-refractivity contribution in [2.45, 2.75) is 95.8 Å². The van der Waals surface area contributed by atoms with Crippen LogP contribution < -0.4 is 0 Å². The summed E-state index contributed by atoms with van der Waals surface area (Å²) in [6.45, 7) is 20.4. The SMILES string of the molecule is CC(C)(C)S1(=O)=NCCC1.CC(C)(C)[S@@]1(=O)=NCCC1.CC(C)(C)[S@]1(=O)=NCCC1. The normalized spacial score (nSPS) is 33.9. The molecule has 30 heavy (non-hydrogen) atoms. The molecule has 1 unspecified atom stereocenters. The quantitative estimate of drug-likeness (QED) is 0.487. The number of hydrogen-bond donors (Lipinski definition) is 0. The molecular formula is C21H45N3O3S3. The van der Waals surface area contributed by atoms with Crippen molar-refractivity contribution in [2.24, 2.45) is 13.1 Å². The summed E-state index contributed by atoms with van der Waals surface area (Å²) < 4.78 is 47.7. The Hall–Kier alpha value is -0.150. The van der Waals surface area contributed by atoms with Crippen molar-refractivity contribution in [1.82, 2.24) is 0 Å². The van der Waals surface area contributed by atoms with Crippen molar-refractivity contribution in [3.8, 4) is 0 Å². The summed E-state index contributed by atoms with van der Waals surface area (Å²) >= 11 is 0. The molecule has 3 rings (SSSR count). The Bertz CT molecular complexity index is 815. The first kappa shape index (κ1) is 27.9. The lowest BCUT2D eigenvalue weighted by Gasteiger charge is -2.20. The van der Waals surface area contributed by atoms with E-state index in [1.165, 1.54) is 0 Å². The van der Waals surface area contributed by atoms with E-state index in [0.717, 1.165) is 56.2 Å². The molecule has 0 amide bonds. The van der Waals surface area contributed by atoms with Crippen LogP contribution in [-0.4, -0.2) is 63.8 Å². The van der Waals surface area contributed by atoms with Gasteiger partial charge in [0, 0.05) is 51.1 Å². The first-order chi connectivity index (χ1) is 13.4. The van der Waals surface area contributed by atoms with Crippen LogP contribution in [0.15, 0.2) is 13.1 Å². The van der Waals surface area contributed by atoms with Crippen LogP contribution in [-0.2, 0) is 29.2 Å². The summed E-state index contributed by atoms with van der Waals surface area (Å²) in [5, 5.41) is 0. The van der Waals surface area contributed by atoms with Crippen molar-refractivity contribution >= 4 is 29.2 Å². The molecule has 0 N–H and O–H groups in total. The minimum absolute atomic E-state index is 0.122. The average Bonchev–Trinajstić information content (AvgIpc) is 3.29. The third kappa shape index (κ3) is 6.92. The molecule has 0 aromatic rings. The molecule has 180 valence electrons. The molecule has 3 aliphatic heterocycles. The van der Waals surface area contributed by atoms with Gasteiger partial charge in [-0.3, -0.25) is 0 Å². The number of hydrogen-bond acceptors (Lipinski definition) is 6. The Morgan fingerprint density at radius 3 is 0.733 bits per heavy atom. The van der Waals surface area contributed by atoms with Crippen LogP contribution in [0.25, 0.3) is 0 Å². The van der Waals surface area contributed by atoms with Crippen molar-refractivity contribution in [2.75, 3.05) is 36.9 Å². The molecule has 0 saturated carbocycles. The summed E-state index contributed by atoms with van der Waals surface area (Å²) in [5.74, 6) is 2.41. The highest BCUT2D eigenvalue weighted by atomic mass is 32.2. The minimum Gasteiger partial charge on any atom is -0.249 e. The third-order valence-corrected chi connectivity index (χ3v) is 15.6. The van der Waals surface area contributed by atoms with E-state index >= 15 is 0 Å². The van der Waals surface area contributed by atoms with E-state index < -0.39 is 29.2 Å². The first-order valence-electron chi connectivity index (χ1n) is 11.0. The van der Waals surface area contributed by atoms with Crippen LogP contribution >= 0.6 is 0 Å². The second-order valence-electron chi connectivity index (χ2n) is 11.0. The summed E-state index contributed by atoms with van der Waals surface area (Å²) in [6, 6.07) is 0. The lowest BCUT2D eigenvalue weighted by atomic mass is 10.3. The van der Waals surface area contributed by atoms with E-state index in [2.05, 4.69) is 13.1 Å². The topological polar surface area (TPSA) is 88.3 Å². The fourth-order valence-corrected chi connectivity index (χ4v) is 9.33. The molecule has 3 heterocycles. The van der Waals surface area contributed by atoms with Crippen molar-refractivity contribution in [1.29, 1.82) is 0 Å². The van der Waals surface area contributed by atoms with Gasteiger partial charge in [0.2, 0.25) is 0 Å². The second kappa shape index (κ2) is 9.77. The van der Waals surface area contributed by atoms with Crippen LogP contribution in [0, 0.1) is 0 Å². The predicted molar refractivity (Wildman–Crippen MR) is 134 cm³/mol. The van der Waals surface area contributed by atoms with Crippen molar-refractivity contribution in [3.63, 3.8) is 0 Å². The lowest BCUT2D eigenvalue weighted by molar-refractivity contribution is 0.642. The van der Waals surface area contributed by atoms with Gasteiger partial charge in [-0.05, 0) is 81.6 Å². The van der Waals surface area contributed by atoms with Crippen LogP contribution in [0.5, 0.6) is 0 Å². The summed E-state index contributed by atoms with van der Waals surface area (Å²) in [4.78, 5) is 0. The maximum atomic E-state index is 11.8. The largest absolute Gasteiger partial charge is 0.249 e. The molecule has 0 fully saturated rings. The Labute approximate surface area is 187 Å². The van der Waals surface area contributed by atoms with Crippen LogP contribution in [0.2, 0.25) is 0 Å². The van der Waals surface area contributed by atoms with Gasteiger partial charge in [0.25, 0.3) is 0 Å².